The first-order chi connectivity index (χ1) is 13.2. The Morgan fingerprint density at radius 3 is 2.36 bits per heavy atom. The van der Waals surface area contributed by atoms with Gasteiger partial charge in [-0.3, -0.25) is 4.79 Å². The summed E-state index contributed by atoms with van der Waals surface area (Å²) in [4.78, 5) is 11.2. The smallest absolute Gasteiger partial charge is 0.459 e. The molecule has 1 aromatic heterocycles. The number of benzene rings is 2. The van der Waals surface area contributed by atoms with E-state index in [-0.39, 0.29) is 17.7 Å². The van der Waals surface area contributed by atoms with Crippen molar-refractivity contribution in [3.05, 3.63) is 65.4 Å². The number of rotatable bonds is 6. The minimum absolute atomic E-state index is 0.125. The maximum absolute atomic E-state index is 12.2. The van der Waals surface area contributed by atoms with Crippen LogP contribution in [0.1, 0.15) is 36.8 Å². The van der Waals surface area contributed by atoms with E-state index in [0.29, 0.717) is 18.6 Å². The summed E-state index contributed by atoms with van der Waals surface area (Å²) in [6.45, 7) is 3.31. The number of aryl methyl sites for hydroxylation is 2. The zero-order chi connectivity index (χ0) is 20.3. The van der Waals surface area contributed by atoms with Gasteiger partial charge in [0.15, 0.2) is 0 Å². The Balaban J connectivity index is 1.65. The van der Waals surface area contributed by atoms with E-state index in [1.165, 1.54) is 19.1 Å². The molecule has 0 fully saturated rings. The highest BCUT2D eigenvalue weighted by Gasteiger charge is 2.30. The molecule has 3 aromatic rings. The maximum atomic E-state index is 12.2. The molecule has 0 aliphatic carbocycles. The van der Waals surface area contributed by atoms with Gasteiger partial charge in [-0.05, 0) is 55.2 Å². The van der Waals surface area contributed by atoms with Gasteiger partial charge in [-0.25, -0.2) is 0 Å². The van der Waals surface area contributed by atoms with Crippen LogP contribution in [-0.2, 0) is 17.6 Å². The van der Waals surface area contributed by atoms with Crippen molar-refractivity contribution >= 4 is 16.9 Å². The summed E-state index contributed by atoms with van der Waals surface area (Å²) in [6.07, 6.45) is -3.30. The Morgan fingerprint density at radius 1 is 1.07 bits per heavy atom. The molecule has 1 unspecified atom stereocenters. The number of alkyl halides is 3. The van der Waals surface area contributed by atoms with Gasteiger partial charge in [0.05, 0.1) is 6.04 Å². The van der Waals surface area contributed by atoms with Crippen LogP contribution < -0.4 is 10.1 Å². The van der Waals surface area contributed by atoms with Crippen LogP contribution in [0.15, 0.2) is 52.9 Å². The van der Waals surface area contributed by atoms with Crippen LogP contribution in [0.25, 0.3) is 11.0 Å². The number of fused-ring (bicyclic) bond motifs is 1. The van der Waals surface area contributed by atoms with Crippen molar-refractivity contribution in [1.82, 2.24) is 5.32 Å². The normalized spacial score (nSPS) is 12.8. The van der Waals surface area contributed by atoms with Crippen molar-refractivity contribution in [3.63, 3.8) is 0 Å². The zero-order valence-corrected chi connectivity index (χ0v) is 15.5. The van der Waals surface area contributed by atoms with Crippen molar-refractivity contribution in [1.29, 1.82) is 0 Å². The standard InChI is InChI=1S/C21H20F3NO3/c1-13(25-14(2)26)19-12-17-8-5-16(11-20(17)27-19)4-3-15-6-9-18(10-7-15)28-21(22,23)24/h5-13H,3-4H2,1-2H3,(H,25,26). The highest BCUT2D eigenvalue weighted by atomic mass is 19.4. The lowest BCUT2D eigenvalue weighted by molar-refractivity contribution is -0.274. The summed E-state index contributed by atoms with van der Waals surface area (Å²) < 4.78 is 46.3. The summed E-state index contributed by atoms with van der Waals surface area (Å²) in [5.74, 6) is 0.331. The lowest BCUT2D eigenvalue weighted by Crippen LogP contribution is -2.23. The first-order valence-corrected chi connectivity index (χ1v) is 8.84. The van der Waals surface area contributed by atoms with Crippen LogP contribution in [0.5, 0.6) is 5.75 Å². The van der Waals surface area contributed by atoms with E-state index in [4.69, 9.17) is 4.42 Å². The maximum Gasteiger partial charge on any atom is 0.573 e. The van der Waals surface area contributed by atoms with Gasteiger partial charge in [0.25, 0.3) is 0 Å². The quantitative estimate of drug-likeness (QED) is 0.619. The monoisotopic (exact) mass is 391 g/mol. The molecular weight excluding hydrogens is 371 g/mol. The van der Waals surface area contributed by atoms with Crippen LogP contribution in [0.4, 0.5) is 13.2 Å². The fourth-order valence-electron chi connectivity index (χ4n) is 2.99. The van der Waals surface area contributed by atoms with Crippen LogP contribution in [0.3, 0.4) is 0 Å². The Hall–Kier alpha value is -2.96. The minimum atomic E-state index is -4.68. The largest absolute Gasteiger partial charge is 0.573 e. The average Bonchev–Trinajstić information content (AvgIpc) is 3.03. The van der Waals surface area contributed by atoms with E-state index >= 15 is 0 Å². The van der Waals surface area contributed by atoms with E-state index in [0.717, 1.165) is 22.1 Å². The third-order valence-corrected chi connectivity index (χ3v) is 4.31. The zero-order valence-electron chi connectivity index (χ0n) is 15.5. The molecule has 148 valence electrons. The van der Waals surface area contributed by atoms with E-state index < -0.39 is 6.36 Å². The van der Waals surface area contributed by atoms with Gasteiger partial charge in [0, 0.05) is 12.3 Å². The number of carbonyl (C=O) groups excluding carboxylic acids is 1. The highest BCUT2D eigenvalue weighted by Crippen LogP contribution is 2.26. The van der Waals surface area contributed by atoms with Gasteiger partial charge < -0.3 is 14.5 Å². The van der Waals surface area contributed by atoms with Gasteiger partial charge >= 0.3 is 6.36 Å². The molecule has 2 aromatic carbocycles. The number of nitrogens with one attached hydrogen (secondary N) is 1. The van der Waals surface area contributed by atoms with Crippen LogP contribution >= 0.6 is 0 Å². The molecule has 4 nitrogen and oxygen atoms in total. The third-order valence-electron chi connectivity index (χ3n) is 4.31. The van der Waals surface area contributed by atoms with E-state index in [1.807, 2.05) is 31.2 Å². The van der Waals surface area contributed by atoms with E-state index in [2.05, 4.69) is 10.1 Å². The first kappa shape index (κ1) is 19.8. The number of ether oxygens (including phenoxy) is 1. The first-order valence-electron chi connectivity index (χ1n) is 8.84. The van der Waals surface area contributed by atoms with Gasteiger partial charge in [0.2, 0.25) is 5.91 Å². The van der Waals surface area contributed by atoms with Gasteiger partial charge in [-0.15, -0.1) is 13.2 Å². The second-order valence-corrected chi connectivity index (χ2v) is 6.63. The second-order valence-electron chi connectivity index (χ2n) is 6.63. The molecule has 1 atom stereocenters. The van der Waals surface area contributed by atoms with Gasteiger partial charge in [-0.1, -0.05) is 24.3 Å². The Kier molecular flexibility index (Phi) is 5.63. The molecule has 7 heteroatoms. The fourth-order valence-corrected chi connectivity index (χ4v) is 2.99. The number of halogens is 3. The lowest BCUT2D eigenvalue weighted by atomic mass is 10.0. The van der Waals surface area contributed by atoms with Gasteiger partial charge in [-0.2, -0.15) is 0 Å². The number of hydrogen-bond acceptors (Lipinski definition) is 3. The topological polar surface area (TPSA) is 51.5 Å². The molecule has 28 heavy (non-hydrogen) atoms. The van der Waals surface area contributed by atoms with E-state index in [1.54, 1.807) is 12.1 Å². The van der Waals surface area contributed by atoms with Gasteiger partial charge in [0.1, 0.15) is 17.1 Å². The van der Waals surface area contributed by atoms with Crippen molar-refractivity contribution in [3.8, 4) is 5.75 Å². The van der Waals surface area contributed by atoms with Crippen LogP contribution in [0.2, 0.25) is 0 Å². The molecule has 0 bridgehead atoms. The Bertz CT molecular complexity index is 961. The van der Waals surface area contributed by atoms with Crippen molar-refractivity contribution in [2.24, 2.45) is 0 Å². The third kappa shape index (κ3) is 5.28. The lowest BCUT2D eigenvalue weighted by Gasteiger charge is -2.09. The molecule has 3 rings (SSSR count). The SMILES string of the molecule is CC(=O)NC(C)c1cc2ccc(CCc3ccc(OC(F)(F)F)cc3)cc2o1. The molecule has 0 saturated carbocycles. The number of hydrogen-bond donors (Lipinski definition) is 1. The molecule has 0 aliphatic rings. The van der Waals surface area contributed by atoms with E-state index in [9.17, 15) is 18.0 Å². The molecule has 0 radical (unpaired) electrons. The van der Waals surface area contributed by atoms with Crippen LogP contribution in [0, 0.1) is 0 Å². The average molecular weight is 391 g/mol. The Labute approximate surface area is 160 Å². The second kappa shape index (κ2) is 7.96. The predicted molar refractivity (Wildman–Crippen MR) is 99.0 cm³/mol. The predicted octanol–water partition coefficient (Wildman–Crippen LogP) is 5.31. The van der Waals surface area contributed by atoms with Crippen LogP contribution in [-0.4, -0.2) is 12.3 Å². The van der Waals surface area contributed by atoms with Crippen molar-refractivity contribution in [2.75, 3.05) is 0 Å². The summed E-state index contributed by atoms with van der Waals surface area (Å²) in [5.41, 5.74) is 2.70. The highest BCUT2D eigenvalue weighted by molar-refractivity contribution is 5.79. The fraction of sp³-hybridized carbons (Fsp3) is 0.286. The number of furan rings is 1. The summed E-state index contributed by atoms with van der Waals surface area (Å²) in [7, 11) is 0. The molecule has 1 heterocycles. The van der Waals surface area contributed by atoms with Crippen molar-refractivity contribution in [2.45, 2.75) is 39.1 Å². The molecule has 0 saturated heterocycles. The molecule has 0 spiro atoms. The summed E-state index contributed by atoms with van der Waals surface area (Å²) in [5, 5.41) is 3.74. The summed E-state index contributed by atoms with van der Waals surface area (Å²) >= 11 is 0. The Morgan fingerprint density at radius 2 is 1.71 bits per heavy atom. The summed E-state index contributed by atoms with van der Waals surface area (Å²) in [6, 6.07) is 13.5. The van der Waals surface area contributed by atoms with Crippen molar-refractivity contribution < 1.29 is 27.1 Å². The minimum Gasteiger partial charge on any atom is -0.459 e. The molecule has 1 N–H and O–H groups in total. The molecule has 0 aliphatic heterocycles. The molecular formula is C21H20F3NO3. The number of amides is 1. The number of carbonyl (C=O) groups is 1. The molecule has 1 amide bonds.